The zero-order valence-corrected chi connectivity index (χ0v) is 21.4. The van der Waals surface area contributed by atoms with Crippen LogP contribution >= 0.6 is 8.38 Å². The molecule has 0 radical (unpaired) electrons. The van der Waals surface area contributed by atoms with Crippen LogP contribution in [0.1, 0.15) is 27.0 Å². The fraction of sp³-hybridized carbons (Fsp3) is 0.600. The molecule has 2 aromatic heterocycles. The van der Waals surface area contributed by atoms with Crippen molar-refractivity contribution < 1.29 is 42.7 Å². The molecule has 5 unspecified atom stereocenters. The molecular formula is C20H28N5O11P. The van der Waals surface area contributed by atoms with Crippen LogP contribution in [-0.2, 0) is 44.1 Å². The van der Waals surface area contributed by atoms with Gasteiger partial charge in [0, 0.05) is 19.4 Å². The Morgan fingerprint density at radius 1 is 1.30 bits per heavy atom. The van der Waals surface area contributed by atoms with Crippen LogP contribution in [0.3, 0.4) is 0 Å². The van der Waals surface area contributed by atoms with Crippen LogP contribution in [0.25, 0.3) is 0 Å². The van der Waals surface area contributed by atoms with E-state index in [1.54, 1.807) is 20.8 Å². The van der Waals surface area contributed by atoms with Crippen molar-refractivity contribution in [2.45, 2.75) is 51.9 Å². The number of aromatic nitrogens is 5. The number of hydrogen-bond acceptors (Lipinski definition) is 13. The number of hydrogen-bond donors (Lipinski definition) is 2. The molecule has 3 heterocycles. The van der Waals surface area contributed by atoms with E-state index in [1.807, 2.05) is 0 Å². The summed E-state index contributed by atoms with van der Waals surface area (Å²) in [5.41, 5.74) is -1.90. The van der Waals surface area contributed by atoms with Crippen LogP contribution in [0.5, 0.6) is 0 Å². The largest absolute Gasteiger partial charge is 0.440 e. The van der Waals surface area contributed by atoms with Gasteiger partial charge >= 0.3 is 11.7 Å². The lowest BCUT2D eigenvalue weighted by atomic mass is 9.98. The average Bonchev–Trinajstić information content (AvgIpc) is 3.42. The van der Waals surface area contributed by atoms with E-state index in [4.69, 9.17) is 23.3 Å². The number of rotatable bonds is 12. The topological polar surface area (TPSA) is 195 Å². The Bertz CT molecular complexity index is 1150. The first-order valence-corrected chi connectivity index (χ1v) is 12.1. The minimum Gasteiger partial charge on any atom is -0.440 e. The number of aliphatic hydroxyl groups excluding tert-OH is 1. The Hall–Kier alpha value is -3.01. The van der Waals surface area contributed by atoms with Crippen LogP contribution in [-0.4, -0.2) is 81.1 Å². The summed E-state index contributed by atoms with van der Waals surface area (Å²) in [6.45, 7) is 4.29. The Morgan fingerprint density at radius 2 is 2.03 bits per heavy atom. The minimum absolute atomic E-state index is 0.0446. The van der Waals surface area contributed by atoms with Crippen molar-refractivity contribution in [2.75, 3.05) is 20.7 Å². The van der Waals surface area contributed by atoms with Gasteiger partial charge in [0.15, 0.2) is 25.2 Å². The first kappa shape index (κ1) is 28.6. The van der Waals surface area contributed by atoms with E-state index in [9.17, 15) is 24.3 Å². The lowest BCUT2D eigenvalue weighted by Gasteiger charge is -2.19. The molecular weight excluding hydrogens is 517 g/mol. The van der Waals surface area contributed by atoms with Crippen molar-refractivity contribution in [1.29, 1.82) is 0 Å². The summed E-state index contributed by atoms with van der Waals surface area (Å²) in [5.74, 6) is -0.499. The van der Waals surface area contributed by atoms with Gasteiger partial charge in [-0.05, 0) is 20.8 Å². The van der Waals surface area contributed by atoms with Gasteiger partial charge in [-0.25, -0.2) is 14.0 Å². The zero-order valence-electron chi connectivity index (χ0n) is 20.5. The van der Waals surface area contributed by atoms with Crippen LogP contribution in [0.15, 0.2) is 28.0 Å². The summed E-state index contributed by atoms with van der Waals surface area (Å²) >= 11 is 0. The number of methoxy groups -OCH3 is 1. The van der Waals surface area contributed by atoms with Crippen LogP contribution in [0.4, 0.5) is 0 Å². The molecule has 0 aliphatic carbocycles. The quantitative estimate of drug-likeness (QED) is 0.106. The van der Waals surface area contributed by atoms with Crippen molar-refractivity contribution in [3.8, 4) is 0 Å². The number of nitrogens with zero attached hydrogens (tertiary/aromatic N) is 4. The molecule has 16 nitrogen and oxygen atoms in total. The van der Waals surface area contributed by atoms with Gasteiger partial charge in [0.05, 0.1) is 18.2 Å². The van der Waals surface area contributed by atoms with Crippen LogP contribution < -0.4 is 16.7 Å². The molecule has 1 aliphatic heterocycles. The molecule has 204 valence electrons. The van der Waals surface area contributed by atoms with E-state index in [2.05, 4.69) is 20.0 Å². The maximum absolute atomic E-state index is 12.2. The van der Waals surface area contributed by atoms with Crippen LogP contribution in [0.2, 0.25) is 0 Å². The van der Waals surface area contributed by atoms with Crippen molar-refractivity contribution in [1.82, 2.24) is 24.5 Å². The number of nitrogens with one attached hydrogen (secondary N) is 1. The van der Waals surface area contributed by atoms with Gasteiger partial charge in [-0.1, -0.05) is 5.21 Å². The fourth-order valence-electron chi connectivity index (χ4n) is 3.27. The lowest BCUT2D eigenvalue weighted by Crippen LogP contribution is -2.42. The summed E-state index contributed by atoms with van der Waals surface area (Å²) in [7, 11) is -0.664. The number of carbonyl (C=O) groups excluding carboxylic acids is 2. The Labute approximate surface area is 211 Å². The zero-order chi connectivity index (χ0) is 27.2. The van der Waals surface area contributed by atoms with Gasteiger partial charge in [0.1, 0.15) is 18.3 Å². The van der Waals surface area contributed by atoms with Crippen LogP contribution in [0, 0.1) is 5.41 Å². The van der Waals surface area contributed by atoms with Crippen molar-refractivity contribution in [2.24, 2.45) is 5.41 Å². The second-order valence-corrected chi connectivity index (χ2v) is 10.2. The predicted molar refractivity (Wildman–Crippen MR) is 123 cm³/mol. The maximum atomic E-state index is 12.2. The van der Waals surface area contributed by atoms with E-state index in [0.29, 0.717) is 0 Å². The second kappa shape index (κ2) is 12.5. The monoisotopic (exact) mass is 545 g/mol. The van der Waals surface area contributed by atoms with E-state index >= 15 is 0 Å². The molecule has 5 atom stereocenters. The first-order chi connectivity index (χ1) is 17.6. The lowest BCUT2D eigenvalue weighted by molar-refractivity contribution is -0.159. The molecule has 1 saturated heterocycles. The van der Waals surface area contributed by atoms with E-state index in [-0.39, 0.29) is 18.5 Å². The molecule has 1 fully saturated rings. The van der Waals surface area contributed by atoms with Gasteiger partial charge in [-0.15, -0.1) is 5.10 Å². The van der Waals surface area contributed by atoms with E-state index < -0.39 is 69.1 Å². The van der Waals surface area contributed by atoms with Gasteiger partial charge in [0.2, 0.25) is 8.38 Å². The highest BCUT2D eigenvalue weighted by Gasteiger charge is 2.46. The summed E-state index contributed by atoms with van der Waals surface area (Å²) in [5, 5.41) is 18.7. The maximum Gasteiger partial charge on any atom is 0.330 e. The number of aliphatic hydroxyl groups is 1. The SMILES string of the molecule is COC1C(O)C(Cn2cc(P(OCOC=O)OCOC(=O)C(C)(C)C)nn2)OC1n1c(=O)cc[nH]c1=O. The normalized spacial score (nSPS) is 22.5. The molecule has 0 aromatic carbocycles. The molecule has 0 spiro atoms. The van der Waals surface area contributed by atoms with Crippen molar-refractivity contribution in [3.05, 3.63) is 39.3 Å². The molecule has 2 aromatic rings. The van der Waals surface area contributed by atoms with E-state index in [1.165, 1.54) is 24.2 Å². The summed E-state index contributed by atoms with van der Waals surface area (Å²) in [6, 6.07) is 1.15. The summed E-state index contributed by atoms with van der Waals surface area (Å²) < 4.78 is 33.7. The molecule has 37 heavy (non-hydrogen) atoms. The molecule has 3 rings (SSSR count). The number of H-pyrrole nitrogens is 1. The van der Waals surface area contributed by atoms with Crippen molar-refractivity contribution in [3.63, 3.8) is 0 Å². The smallest absolute Gasteiger partial charge is 0.330 e. The predicted octanol–water partition coefficient (Wildman–Crippen LogP) is -1.25. The standard InChI is InChI=1S/C20H28N5O11P/c1-20(2,3)18(29)33-11-35-37(34-10-32-9-26)13-8-24(23-22-13)7-12-15(28)16(31-4)17(36-12)25-14(27)5-6-21-19(25)30/h5-6,8-9,12,15-17,28H,7,10-11H2,1-4H3,(H,21,30). The molecule has 0 saturated carbocycles. The molecule has 1 aliphatic rings. The fourth-order valence-corrected chi connectivity index (χ4v) is 4.26. The average molecular weight is 545 g/mol. The third kappa shape index (κ3) is 7.06. The van der Waals surface area contributed by atoms with Crippen molar-refractivity contribution >= 4 is 26.3 Å². The van der Waals surface area contributed by atoms with Gasteiger partial charge in [0.25, 0.3) is 12.0 Å². The third-order valence-corrected chi connectivity index (χ3v) is 6.35. The highest BCUT2D eigenvalue weighted by molar-refractivity contribution is 7.55. The second-order valence-electron chi connectivity index (χ2n) is 8.74. The molecule has 0 bridgehead atoms. The number of carbonyl (C=O) groups is 2. The molecule has 17 heteroatoms. The Morgan fingerprint density at radius 3 is 2.68 bits per heavy atom. The highest BCUT2D eigenvalue weighted by Crippen LogP contribution is 2.36. The van der Waals surface area contributed by atoms with Gasteiger partial charge < -0.3 is 29.0 Å². The number of ether oxygens (including phenoxy) is 4. The first-order valence-electron chi connectivity index (χ1n) is 10.9. The Balaban J connectivity index is 1.71. The number of esters is 1. The van der Waals surface area contributed by atoms with Gasteiger partial charge in [-0.3, -0.25) is 23.4 Å². The third-order valence-electron chi connectivity index (χ3n) is 5.09. The highest BCUT2D eigenvalue weighted by atomic mass is 31.2. The molecule has 2 N–H and O–H groups in total. The molecule has 0 amide bonds. The summed E-state index contributed by atoms with van der Waals surface area (Å²) in [4.78, 5) is 49.2. The summed E-state index contributed by atoms with van der Waals surface area (Å²) in [6.07, 6.45) is -1.72. The van der Waals surface area contributed by atoms with E-state index in [0.717, 1.165) is 10.6 Å². The number of aromatic amines is 1. The Kier molecular flexibility index (Phi) is 9.64. The minimum atomic E-state index is -1.98. The van der Waals surface area contributed by atoms with Gasteiger partial charge in [-0.2, -0.15) is 0 Å².